The molecule has 2 N–H and O–H groups in total. The first kappa shape index (κ1) is 10.4. The highest BCUT2D eigenvalue weighted by molar-refractivity contribution is 7.09. The van der Waals surface area contributed by atoms with Gasteiger partial charge in [0.25, 0.3) is 0 Å². The Kier molecular flexibility index (Phi) is 3.20. The van der Waals surface area contributed by atoms with Gasteiger partial charge in [0.05, 0.1) is 23.8 Å². The van der Waals surface area contributed by atoms with Crippen LogP contribution in [0.2, 0.25) is 0 Å². The highest BCUT2D eigenvalue weighted by Gasteiger charge is 2.11. The summed E-state index contributed by atoms with van der Waals surface area (Å²) >= 11 is 1.72. The summed E-state index contributed by atoms with van der Waals surface area (Å²) in [7, 11) is 0. The van der Waals surface area contributed by atoms with Gasteiger partial charge in [-0.15, -0.1) is 11.3 Å². The van der Waals surface area contributed by atoms with Crippen molar-refractivity contribution in [2.45, 2.75) is 32.9 Å². The second kappa shape index (κ2) is 4.61. The molecule has 0 saturated carbocycles. The molecule has 0 bridgehead atoms. The summed E-state index contributed by atoms with van der Waals surface area (Å²) in [5.74, 6) is 0.897. The molecule has 0 radical (unpaired) electrons. The van der Waals surface area contributed by atoms with Crippen molar-refractivity contribution in [3.05, 3.63) is 16.1 Å². The Hall–Kier alpha value is -1.10. The first-order chi connectivity index (χ1) is 7.28. The average molecular weight is 224 g/mol. The Morgan fingerprint density at radius 3 is 3.13 bits per heavy atom. The zero-order valence-corrected chi connectivity index (χ0v) is 9.90. The minimum absolute atomic E-state index is 0.453. The lowest BCUT2D eigenvalue weighted by atomic mass is 10.4. The number of aromatic nitrogens is 1. The molecule has 1 atom stereocenters. The van der Waals surface area contributed by atoms with Gasteiger partial charge in [0, 0.05) is 11.4 Å². The Labute approximate surface area is 93.8 Å². The minimum atomic E-state index is 0.453. The van der Waals surface area contributed by atoms with E-state index >= 15 is 0 Å². The van der Waals surface area contributed by atoms with Crippen LogP contribution in [0.5, 0.6) is 0 Å². The van der Waals surface area contributed by atoms with E-state index in [4.69, 9.17) is 0 Å². The zero-order chi connectivity index (χ0) is 10.7. The van der Waals surface area contributed by atoms with Crippen LogP contribution >= 0.6 is 11.3 Å². The van der Waals surface area contributed by atoms with Gasteiger partial charge in [-0.1, -0.05) is 6.92 Å². The summed E-state index contributed by atoms with van der Waals surface area (Å²) in [6.07, 6.45) is 1.01. The summed E-state index contributed by atoms with van der Waals surface area (Å²) in [5.41, 5.74) is 1.10. The van der Waals surface area contributed by atoms with Crippen molar-refractivity contribution in [1.82, 2.24) is 15.6 Å². The van der Waals surface area contributed by atoms with Gasteiger partial charge in [-0.05, 0) is 13.3 Å². The number of hydrogen-bond acceptors (Lipinski definition) is 5. The van der Waals surface area contributed by atoms with Gasteiger partial charge in [-0.3, -0.25) is 4.99 Å². The Morgan fingerprint density at radius 2 is 2.53 bits per heavy atom. The van der Waals surface area contributed by atoms with Crippen LogP contribution in [0.15, 0.2) is 10.4 Å². The number of guanidine groups is 1. The van der Waals surface area contributed by atoms with Crippen molar-refractivity contribution in [2.24, 2.45) is 4.99 Å². The van der Waals surface area contributed by atoms with Crippen LogP contribution in [0.3, 0.4) is 0 Å². The van der Waals surface area contributed by atoms with E-state index in [1.165, 1.54) is 5.01 Å². The predicted octanol–water partition coefficient (Wildman–Crippen LogP) is 1.14. The van der Waals surface area contributed by atoms with Crippen molar-refractivity contribution < 1.29 is 0 Å². The summed E-state index contributed by atoms with van der Waals surface area (Å²) in [4.78, 5) is 8.81. The maximum absolute atomic E-state index is 4.48. The molecule has 1 aliphatic heterocycles. The third-order valence-corrected chi connectivity index (χ3v) is 3.29. The van der Waals surface area contributed by atoms with E-state index in [-0.39, 0.29) is 0 Å². The normalized spacial score (nSPS) is 19.9. The monoisotopic (exact) mass is 224 g/mol. The highest BCUT2D eigenvalue weighted by Crippen LogP contribution is 2.09. The number of aryl methyl sites for hydroxylation is 1. The number of thiazole rings is 1. The quantitative estimate of drug-likeness (QED) is 0.809. The molecular formula is C10H16N4S. The fourth-order valence-corrected chi connectivity index (χ4v) is 2.17. The molecule has 1 aromatic rings. The van der Waals surface area contributed by atoms with Crippen LogP contribution in [-0.4, -0.2) is 23.5 Å². The number of aliphatic imine (C=N–C) groups is 1. The number of nitrogens with one attached hydrogen (secondary N) is 2. The molecule has 82 valence electrons. The smallest absolute Gasteiger partial charge is 0.191 e. The molecule has 1 aliphatic rings. The number of nitrogens with zero attached hydrogens (tertiary/aromatic N) is 2. The molecule has 2 heterocycles. The number of rotatable bonds is 3. The summed E-state index contributed by atoms with van der Waals surface area (Å²) in [6, 6.07) is 0.453. The van der Waals surface area contributed by atoms with Gasteiger partial charge < -0.3 is 10.6 Å². The molecule has 0 aromatic carbocycles. The van der Waals surface area contributed by atoms with Crippen LogP contribution in [0, 0.1) is 0 Å². The molecule has 1 aromatic heterocycles. The summed E-state index contributed by atoms with van der Waals surface area (Å²) in [6.45, 7) is 5.87. The van der Waals surface area contributed by atoms with Gasteiger partial charge in [-0.2, -0.15) is 0 Å². The first-order valence-electron chi connectivity index (χ1n) is 5.26. The lowest BCUT2D eigenvalue weighted by Crippen LogP contribution is -2.37. The molecular weight excluding hydrogens is 208 g/mol. The van der Waals surface area contributed by atoms with Crippen molar-refractivity contribution in [3.63, 3.8) is 0 Å². The maximum Gasteiger partial charge on any atom is 0.191 e. The van der Waals surface area contributed by atoms with Crippen molar-refractivity contribution in [1.29, 1.82) is 0 Å². The van der Waals surface area contributed by atoms with Gasteiger partial charge in [0.1, 0.15) is 0 Å². The zero-order valence-electron chi connectivity index (χ0n) is 9.08. The van der Waals surface area contributed by atoms with Gasteiger partial charge in [0.2, 0.25) is 0 Å². The predicted molar refractivity (Wildman–Crippen MR) is 63.2 cm³/mol. The van der Waals surface area contributed by atoms with Crippen LogP contribution in [-0.2, 0) is 13.0 Å². The Bertz CT molecular complexity index is 358. The van der Waals surface area contributed by atoms with Crippen molar-refractivity contribution in [3.8, 4) is 0 Å². The third-order valence-electron chi connectivity index (χ3n) is 2.25. The molecule has 2 rings (SSSR count). The Morgan fingerprint density at radius 1 is 1.67 bits per heavy atom. The second-order valence-corrected chi connectivity index (χ2v) is 4.62. The summed E-state index contributed by atoms with van der Waals surface area (Å²) < 4.78 is 0. The van der Waals surface area contributed by atoms with Gasteiger partial charge in [0.15, 0.2) is 5.96 Å². The molecule has 4 nitrogen and oxygen atoms in total. The number of hydrogen-bond donors (Lipinski definition) is 2. The molecule has 0 fully saturated rings. The average Bonchev–Trinajstić information content (AvgIpc) is 2.83. The fourth-order valence-electron chi connectivity index (χ4n) is 1.43. The van der Waals surface area contributed by atoms with Crippen molar-refractivity contribution in [2.75, 3.05) is 6.54 Å². The van der Waals surface area contributed by atoms with E-state index in [0.717, 1.165) is 31.2 Å². The second-order valence-electron chi connectivity index (χ2n) is 3.67. The van der Waals surface area contributed by atoms with Gasteiger partial charge in [-0.25, -0.2) is 4.98 Å². The van der Waals surface area contributed by atoms with Crippen LogP contribution in [0.4, 0.5) is 0 Å². The molecule has 0 spiro atoms. The lowest BCUT2D eigenvalue weighted by Gasteiger charge is -2.06. The maximum atomic E-state index is 4.48. The van der Waals surface area contributed by atoms with Crippen LogP contribution in [0.1, 0.15) is 24.5 Å². The molecule has 5 heteroatoms. The minimum Gasteiger partial charge on any atom is -0.352 e. The van der Waals surface area contributed by atoms with Crippen LogP contribution in [0.25, 0.3) is 0 Å². The standard InChI is InChI=1S/C10H16N4S/c1-3-9-14-8(6-15-9)5-12-10-11-4-7(2)13-10/h6-7H,3-5H2,1-2H3,(H2,11,12,13). The molecule has 0 aliphatic carbocycles. The largest absolute Gasteiger partial charge is 0.352 e. The fraction of sp³-hybridized carbons (Fsp3) is 0.600. The van der Waals surface area contributed by atoms with E-state index in [0.29, 0.717) is 6.04 Å². The lowest BCUT2D eigenvalue weighted by molar-refractivity contribution is 0.712. The van der Waals surface area contributed by atoms with E-state index in [2.05, 4.69) is 39.8 Å². The van der Waals surface area contributed by atoms with E-state index in [9.17, 15) is 0 Å². The molecule has 0 saturated heterocycles. The van der Waals surface area contributed by atoms with Crippen LogP contribution < -0.4 is 10.6 Å². The molecule has 0 amide bonds. The van der Waals surface area contributed by atoms with E-state index < -0.39 is 0 Å². The molecule has 1 unspecified atom stereocenters. The SMILES string of the molecule is CCc1nc(CNC2=NCC(C)N2)cs1. The topological polar surface area (TPSA) is 49.3 Å². The molecule has 15 heavy (non-hydrogen) atoms. The third kappa shape index (κ3) is 2.68. The Balaban J connectivity index is 1.83. The highest BCUT2D eigenvalue weighted by atomic mass is 32.1. The van der Waals surface area contributed by atoms with Crippen molar-refractivity contribution >= 4 is 17.3 Å². The summed E-state index contributed by atoms with van der Waals surface area (Å²) in [5, 5.41) is 9.81. The first-order valence-corrected chi connectivity index (χ1v) is 6.14. The van der Waals surface area contributed by atoms with E-state index in [1.807, 2.05) is 0 Å². The van der Waals surface area contributed by atoms with Gasteiger partial charge >= 0.3 is 0 Å². The van der Waals surface area contributed by atoms with E-state index in [1.54, 1.807) is 11.3 Å².